The van der Waals surface area contributed by atoms with Crippen molar-refractivity contribution < 1.29 is 9.50 Å². The summed E-state index contributed by atoms with van der Waals surface area (Å²) in [5, 5.41) is 0. The first kappa shape index (κ1) is 15.8. The Kier molecular flexibility index (Phi) is 6.30. The van der Waals surface area contributed by atoms with Gasteiger partial charge in [-0.3, -0.25) is 4.79 Å². The zero-order valence-electron chi connectivity index (χ0n) is 13.1. The van der Waals surface area contributed by atoms with Crippen molar-refractivity contribution in [3.8, 4) is 0 Å². The molecule has 2 rings (SSSR count). The van der Waals surface area contributed by atoms with Crippen LogP contribution in [-0.2, 0) is 4.79 Å². The van der Waals surface area contributed by atoms with E-state index >= 15 is 0 Å². The number of quaternary nitrogens is 1. The van der Waals surface area contributed by atoms with Crippen molar-refractivity contribution >= 4 is 5.91 Å². The fourth-order valence-electron chi connectivity index (χ4n) is 3.85. The Hall–Kier alpha value is -0.610. The van der Waals surface area contributed by atoms with E-state index in [-0.39, 0.29) is 5.91 Å². The third-order valence-corrected chi connectivity index (χ3v) is 4.89. The van der Waals surface area contributed by atoms with Crippen molar-refractivity contribution in [3.05, 3.63) is 0 Å². The van der Waals surface area contributed by atoms with Crippen LogP contribution in [0, 0.1) is 0 Å². The highest BCUT2D eigenvalue weighted by Gasteiger charge is 2.38. The fraction of sp³-hybridized carbons (Fsp3) is 0.938. The third kappa shape index (κ3) is 4.45. The average molecular weight is 282 g/mol. The molecule has 1 unspecified atom stereocenters. The summed E-state index contributed by atoms with van der Waals surface area (Å²) >= 11 is 0. The van der Waals surface area contributed by atoms with Gasteiger partial charge in [0.05, 0.1) is 0 Å². The molecule has 116 valence electrons. The van der Waals surface area contributed by atoms with Crippen LogP contribution in [0.4, 0.5) is 0 Å². The molecule has 0 aromatic carbocycles. The quantitative estimate of drug-likeness (QED) is 0.764. The van der Waals surface area contributed by atoms with Crippen molar-refractivity contribution in [2.75, 3.05) is 13.1 Å². The normalized spacial score (nSPS) is 30.6. The van der Waals surface area contributed by atoms with Crippen LogP contribution in [-0.4, -0.2) is 29.7 Å². The van der Waals surface area contributed by atoms with E-state index in [0.717, 1.165) is 13.1 Å². The van der Waals surface area contributed by atoms with Gasteiger partial charge in [-0.1, -0.05) is 25.7 Å². The highest BCUT2D eigenvalue weighted by Crippen LogP contribution is 2.25. The topological polar surface area (TPSA) is 41.1 Å². The Balaban J connectivity index is 2.11. The lowest BCUT2D eigenvalue weighted by molar-refractivity contribution is -1.02. The molecule has 1 saturated heterocycles. The molecule has 0 radical (unpaired) electrons. The molecule has 2 N–H and O–H groups in total. The number of nitrogens with zero attached hydrogens (tertiary/aromatic N) is 1. The molecular weight excluding hydrogens is 250 g/mol. The van der Waals surface area contributed by atoms with Gasteiger partial charge in [0.25, 0.3) is 5.91 Å². The number of nitrogens with one attached hydrogen (secondary N) is 2. The Labute approximate surface area is 123 Å². The SMILES string of the molecule is CC(=O)N[N+]1(C2CCCCCCC2)CCCCCCN1. The summed E-state index contributed by atoms with van der Waals surface area (Å²) < 4.78 is 0.648. The first-order chi connectivity index (χ1) is 9.73. The van der Waals surface area contributed by atoms with Crippen molar-refractivity contribution in [2.24, 2.45) is 0 Å². The molecule has 2 fully saturated rings. The van der Waals surface area contributed by atoms with Gasteiger partial charge in [0.15, 0.2) is 0 Å². The summed E-state index contributed by atoms with van der Waals surface area (Å²) in [7, 11) is 0. The maximum atomic E-state index is 11.7. The largest absolute Gasteiger partial charge is 0.270 e. The monoisotopic (exact) mass is 282 g/mol. The van der Waals surface area contributed by atoms with Gasteiger partial charge in [0, 0.05) is 32.7 Å². The van der Waals surface area contributed by atoms with Crippen LogP contribution in [0.2, 0.25) is 0 Å². The van der Waals surface area contributed by atoms with E-state index < -0.39 is 0 Å². The van der Waals surface area contributed by atoms with Crippen molar-refractivity contribution in [3.63, 3.8) is 0 Å². The van der Waals surface area contributed by atoms with E-state index in [4.69, 9.17) is 0 Å². The minimum atomic E-state index is 0.0973. The van der Waals surface area contributed by atoms with E-state index in [1.54, 1.807) is 6.92 Å². The van der Waals surface area contributed by atoms with E-state index in [9.17, 15) is 4.79 Å². The molecule has 1 amide bonds. The molecule has 1 atom stereocenters. The van der Waals surface area contributed by atoms with Crippen LogP contribution in [0.5, 0.6) is 0 Å². The van der Waals surface area contributed by atoms with Gasteiger partial charge in [-0.15, -0.1) is 10.1 Å². The Morgan fingerprint density at radius 2 is 1.55 bits per heavy atom. The molecule has 2 aliphatic rings. The van der Waals surface area contributed by atoms with E-state index in [1.165, 1.54) is 70.6 Å². The highest BCUT2D eigenvalue weighted by atomic mass is 16.2. The minimum absolute atomic E-state index is 0.0973. The standard InChI is InChI=1S/C16H31N3O/c1-15(20)18-19(14-10-6-5-9-13-17-19)16-11-7-3-2-4-8-12-16/h16-17H,2-14H2,1H3/p+1. The van der Waals surface area contributed by atoms with Gasteiger partial charge in [-0.05, 0) is 25.7 Å². The van der Waals surface area contributed by atoms with Gasteiger partial charge in [0.2, 0.25) is 0 Å². The Morgan fingerprint density at radius 1 is 0.950 bits per heavy atom. The number of carbonyl (C=O) groups excluding carboxylic acids is 1. The molecule has 1 saturated carbocycles. The Morgan fingerprint density at radius 3 is 2.25 bits per heavy atom. The molecule has 0 bridgehead atoms. The van der Waals surface area contributed by atoms with Gasteiger partial charge >= 0.3 is 0 Å². The van der Waals surface area contributed by atoms with Crippen LogP contribution in [0.25, 0.3) is 0 Å². The minimum Gasteiger partial charge on any atom is -0.270 e. The van der Waals surface area contributed by atoms with Gasteiger partial charge < -0.3 is 0 Å². The molecule has 0 aromatic rings. The summed E-state index contributed by atoms with van der Waals surface area (Å²) in [6.07, 6.45) is 14.3. The number of hydrogen-bond acceptors (Lipinski definition) is 2. The van der Waals surface area contributed by atoms with Crippen molar-refractivity contribution in [1.29, 1.82) is 0 Å². The second kappa shape index (κ2) is 7.99. The molecule has 4 heteroatoms. The van der Waals surface area contributed by atoms with Crippen molar-refractivity contribution in [1.82, 2.24) is 10.9 Å². The molecule has 1 heterocycles. The van der Waals surface area contributed by atoms with E-state index in [0.29, 0.717) is 10.7 Å². The maximum absolute atomic E-state index is 11.7. The summed E-state index contributed by atoms with van der Waals surface area (Å²) in [6.45, 7) is 3.73. The van der Waals surface area contributed by atoms with Crippen LogP contribution >= 0.6 is 0 Å². The summed E-state index contributed by atoms with van der Waals surface area (Å²) in [5.41, 5.74) is 6.96. The van der Waals surface area contributed by atoms with E-state index in [1.807, 2.05) is 0 Å². The molecular formula is C16H32N3O+. The highest BCUT2D eigenvalue weighted by molar-refractivity contribution is 5.71. The van der Waals surface area contributed by atoms with E-state index in [2.05, 4.69) is 10.9 Å². The van der Waals surface area contributed by atoms with Gasteiger partial charge in [-0.2, -0.15) is 5.43 Å². The number of rotatable bonds is 2. The predicted molar refractivity (Wildman–Crippen MR) is 81.5 cm³/mol. The van der Waals surface area contributed by atoms with Crippen LogP contribution < -0.4 is 10.9 Å². The number of carbonyl (C=O) groups is 1. The lowest BCUT2D eigenvalue weighted by atomic mass is 9.95. The smallest absolute Gasteiger partial charge is 0.263 e. The second-order valence-electron chi connectivity index (χ2n) is 6.58. The van der Waals surface area contributed by atoms with Gasteiger partial charge in [-0.25, -0.2) is 0 Å². The molecule has 1 aliphatic heterocycles. The predicted octanol–water partition coefficient (Wildman–Crippen LogP) is 3.05. The average Bonchev–Trinajstić information content (AvgIpc) is 2.32. The van der Waals surface area contributed by atoms with Crippen LogP contribution in [0.1, 0.15) is 77.6 Å². The van der Waals surface area contributed by atoms with Crippen molar-refractivity contribution in [2.45, 2.75) is 83.6 Å². The molecule has 1 aliphatic carbocycles. The lowest BCUT2D eigenvalue weighted by Gasteiger charge is -2.44. The lowest BCUT2D eigenvalue weighted by Crippen LogP contribution is -2.72. The zero-order valence-corrected chi connectivity index (χ0v) is 13.1. The molecule has 4 nitrogen and oxygen atoms in total. The first-order valence-corrected chi connectivity index (χ1v) is 8.65. The summed E-state index contributed by atoms with van der Waals surface area (Å²) in [6, 6.07) is 0.553. The summed E-state index contributed by atoms with van der Waals surface area (Å²) in [5.74, 6) is 0.0973. The van der Waals surface area contributed by atoms with Crippen LogP contribution in [0.3, 0.4) is 0 Å². The maximum Gasteiger partial charge on any atom is 0.263 e. The molecule has 20 heavy (non-hydrogen) atoms. The zero-order chi connectivity index (χ0) is 14.3. The third-order valence-electron chi connectivity index (χ3n) is 4.89. The second-order valence-corrected chi connectivity index (χ2v) is 6.58. The summed E-state index contributed by atoms with van der Waals surface area (Å²) in [4.78, 5) is 11.7. The number of amides is 1. The van der Waals surface area contributed by atoms with Gasteiger partial charge in [0.1, 0.15) is 12.6 Å². The molecule has 0 aromatic heterocycles. The Bertz CT molecular complexity index is 290. The fourth-order valence-corrected chi connectivity index (χ4v) is 3.85. The molecule has 0 spiro atoms. The van der Waals surface area contributed by atoms with Crippen LogP contribution in [0.15, 0.2) is 0 Å². The number of hydrogen-bond donors (Lipinski definition) is 2. The first-order valence-electron chi connectivity index (χ1n) is 8.65.